The van der Waals surface area contributed by atoms with Gasteiger partial charge in [0.25, 0.3) is 5.91 Å². The molecule has 152 valence electrons. The van der Waals surface area contributed by atoms with Crippen LogP contribution in [-0.2, 0) is 13.7 Å². The van der Waals surface area contributed by atoms with Crippen LogP contribution in [0, 0.1) is 5.92 Å². The zero-order valence-electron chi connectivity index (χ0n) is 17.1. The predicted molar refractivity (Wildman–Crippen MR) is 115 cm³/mol. The van der Waals surface area contributed by atoms with Crippen molar-refractivity contribution in [2.45, 2.75) is 26.5 Å². The monoisotopic (exact) mass is 392 g/mol. The Kier molecular flexibility index (Phi) is 6.89. The molecule has 1 aromatic heterocycles. The standard InChI is InChI=1S/C23H28N4O2/c1-17(2)21(26-19-7-5-4-6-8-19)15-25-23(28)18-9-11-20(12-10-18)29-16-22-24-13-14-27(22)3/h4-14,17,21,26H,15-16H2,1-3H3,(H,25,28). The minimum atomic E-state index is -0.0961. The SMILES string of the molecule is CC(C)C(CNC(=O)c1ccc(OCc2nccn2C)cc1)Nc1ccccc1. The van der Waals surface area contributed by atoms with Gasteiger partial charge in [-0.2, -0.15) is 0 Å². The van der Waals surface area contributed by atoms with E-state index >= 15 is 0 Å². The van der Waals surface area contributed by atoms with Crippen LogP contribution in [0.4, 0.5) is 5.69 Å². The van der Waals surface area contributed by atoms with Crippen LogP contribution in [-0.4, -0.2) is 28.0 Å². The van der Waals surface area contributed by atoms with E-state index in [1.165, 1.54) is 0 Å². The third kappa shape index (κ3) is 5.85. The molecule has 2 N–H and O–H groups in total. The second kappa shape index (κ2) is 9.78. The summed E-state index contributed by atoms with van der Waals surface area (Å²) in [5.74, 6) is 1.83. The second-order valence-electron chi connectivity index (χ2n) is 7.34. The summed E-state index contributed by atoms with van der Waals surface area (Å²) in [4.78, 5) is 16.8. The molecule has 29 heavy (non-hydrogen) atoms. The first-order chi connectivity index (χ1) is 14.0. The van der Waals surface area contributed by atoms with Crippen molar-refractivity contribution in [2.24, 2.45) is 13.0 Å². The second-order valence-corrected chi connectivity index (χ2v) is 7.34. The molecule has 1 atom stereocenters. The smallest absolute Gasteiger partial charge is 0.251 e. The van der Waals surface area contributed by atoms with Gasteiger partial charge in [0.15, 0.2) is 0 Å². The van der Waals surface area contributed by atoms with E-state index in [-0.39, 0.29) is 11.9 Å². The van der Waals surface area contributed by atoms with E-state index < -0.39 is 0 Å². The highest BCUT2D eigenvalue weighted by Gasteiger charge is 2.15. The molecule has 0 aliphatic rings. The maximum atomic E-state index is 12.5. The number of imidazole rings is 1. The van der Waals surface area contributed by atoms with Gasteiger partial charge in [-0.15, -0.1) is 0 Å². The fourth-order valence-corrected chi connectivity index (χ4v) is 2.89. The van der Waals surface area contributed by atoms with Gasteiger partial charge in [0.1, 0.15) is 18.2 Å². The minimum absolute atomic E-state index is 0.0961. The Hall–Kier alpha value is -3.28. The number of benzene rings is 2. The molecule has 6 heteroatoms. The zero-order valence-corrected chi connectivity index (χ0v) is 17.1. The number of anilines is 1. The summed E-state index contributed by atoms with van der Waals surface area (Å²) >= 11 is 0. The van der Waals surface area contributed by atoms with Crippen molar-refractivity contribution in [1.82, 2.24) is 14.9 Å². The van der Waals surface area contributed by atoms with Crippen LogP contribution in [0.15, 0.2) is 67.0 Å². The number of para-hydroxylation sites is 1. The van der Waals surface area contributed by atoms with Gasteiger partial charge in [0, 0.05) is 43.3 Å². The van der Waals surface area contributed by atoms with E-state index in [1.807, 2.05) is 48.1 Å². The summed E-state index contributed by atoms with van der Waals surface area (Å²) in [6.45, 7) is 5.21. The Morgan fingerprint density at radius 3 is 2.45 bits per heavy atom. The molecule has 0 fully saturated rings. The average molecular weight is 393 g/mol. The van der Waals surface area contributed by atoms with E-state index in [9.17, 15) is 4.79 Å². The van der Waals surface area contributed by atoms with E-state index in [1.54, 1.807) is 30.5 Å². The predicted octanol–water partition coefficient (Wildman–Crippen LogP) is 3.87. The Bertz CT molecular complexity index is 904. The Morgan fingerprint density at radius 1 is 1.10 bits per heavy atom. The molecule has 1 amide bonds. The van der Waals surface area contributed by atoms with Crippen LogP contribution in [0.25, 0.3) is 0 Å². The van der Waals surface area contributed by atoms with Gasteiger partial charge >= 0.3 is 0 Å². The maximum absolute atomic E-state index is 12.5. The summed E-state index contributed by atoms with van der Waals surface area (Å²) < 4.78 is 7.65. The molecule has 1 heterocycles. The fourth-order valence-electron chi connectivity index (χ4n) is 2.89. The summed E-state index contributed by atoms with van der Waals surface area (Å²) in [7, 11) is 1.93. The van der Waals surface area contributed by atoms with Gasteiger partial charge < -0.3 is 19.9 Å². The first-order valence-electron chi connectivity index (χ1n) is 9.82. The molecular weight excluding hydrogens is 364 g/mol. The largest absolute Gasteiger partial charge is 0.486 e. The van der Waals surface area contributed by atoms with Gasteiger partial charge in [-0.3, -0.25) is 4.79 Å². The van der Waals surface area contributed by atoms with Crippen LogP contribution in [0.5, 0.6) is 5.75 Å². The van der Waals surface area contributed by atoms with E-state index in [2.05, 4.69) is 29.5 Å². The van der Waals surface area contributed by atoms with Gasteiger partial charge in [-0.05, 0) is 42.3 Å². The molecule has 0 saturated carbocycles. The Labute approximate surface area is 171 Å². The molecule has 2 aromatic carbocycles. The number of hydrogen-bond donors (Lipinski definition) is 2. The summed E-state index contributed by atoms with van der Waals surface area (Å²) in [5.41, 5.74) is 1.66. The van der Waals surface area contributed by atoms with Gasteiger partial charge in [0.2, 0.25) is 0 Å². The molecule has 0 radical (unpaired) electrons. The number of hydrogen-bond acceptors (Lipinski definition) is 4. The molecule has 0 bridgehead atoms. The van der Waals surface area contributed by atoms with Crippen LogP contribution >= 0.6 is 0 Å². The first-order valence-corrected chi connectivity index (χ1v) is 9.82. The number of carbonyl (C=O) groups is 1. The highest BCUT2D eigenvalue weighted by Crippen LogP contribution is 2.15. The lowest BCUT2D eigenvalue weighted by atomic mass is 10.0. The molecular formula is C23H28N4O2. The van der Waals surface area contributed by atoms with Crippen LogP contribution in [0.1, 0.15) is 30.0 Å². The van der Waals surface area contributed by atoms with E-state index in [0.29, 0.717) is 30.4 Å². The lowest BCUT2D eigenvalue weighted by Gasteiger charge is -2.24. The number of rotatable bonds is 9. The number of nitrogens with zero attached hydrogens (tertiary/aromatic N) is 2. The highest BCUT2D eigenvalue weighted by atomic mass is 16.5. The number of amides is 1. The summed E-state index contributed by atoms with van der Waals surface area (Å²) in [5, 5.41) is 6.51. The summed E-state index contributed by atoms with van der Waals surface area (Å²) in [6.07, 6.45) is 3.62. The van der Waals surface area contributed by atoms with Crippen molar-refractivity contribution in [2.75, 3.05) is 11.9 Å². The molecule has 0 spiro atoms. The van der Waals surface area contributed by atoms with E-state index in [4.69, 9.17) is 4.74 Å². The molecule has 0 saturated heterocycles. The van der Waals surface area contributed by atoms with Crippen molar-refractivity contribution < 1.29 is 9.53 Å². The molecule has 3 rings (SSSR count). The van der Waals surface area contributed by atoms with Crippen molar-refractivity contribution in [3.05, 3.63) is 78.4 Å². The average Bonchev–Trinajstić information content (AvgIpc) is 3.15. The minimum Gasteiger partial charge on any atom is -0.486 e. The van der Waals surface area contributed by atoms with Crippen LogP contribution < -0.4 is 15.4 Å². The number of nitrogens with one attached hydrogen (secondary N) is 2. The van der Waals surface area contributed by atoms with Gasteiger partial charge in [-0.25, -0.2) is 4.98 Å². The maximum Gasteiger partial charge on any atom is 0.251 e. The van der Waals surface area contributed by atoms with Gasteiger partial charge in [0.05, 0.1) is 0 Å². The molecule has 1 unspecified atom stereocenters. The lowest BCUT2D eigenvalue weighted by molar-refractivity contribution is 0.0950. The first kappa shape index (κ1) is 20.5. The third-order valence-electron chi connectivity index (χ3n) is 4.82. The lowest BCUT2D eigenvalue weighted by Crippen LogP contribution is -2.39. The topological polar surface area (TPSA) is 68.2 Å². The van der Waals surface area contributed by atoms with Gasteiger partial charge in [-0.1, -0.05) is 32.0 Å². The van der Waals surface area contributed by atoms with E-state index in [0.717, 1.165) is 11.5 Å². The highest BCUT2D eigenvalue weighted by molar-refractivity contribution is 5.94. The number of aromatic nitrogens is 2. The number of aryl methyl sites for hydroxylation is 1. The van der Waals surface area contributed by atoms with Crippen LogP contribution in [0.3, 0.4) is 0 Å². The Balaban J connectivity index is 1.52. The quantitative estimate of drug-likeness (QED) is 0.580. The molecule has 6 nitrogen and oxygen atoms in total. The number of carbonyl (C=O) groups excluding carboxylic acids is 1. The normalized spacial score (nSPS) is 11.9. The number of ether oxygens (including phenoxy) is 1. The van der Waals surface area contributed by atoms with Crippen molar-refractivity contribution in [1.29, 1.82) is 0 Å². The molecule has 0 aliphatic carbocycles. The van der Waals surface area contributed by atoms with Crippen molar-refractivity contribution >= 4 is 11.6 Å². The fraction of sp³-hybridized carbons (Fsp3) is 0.304. The molecule has 0 aliphatic heterocycles. The summed E-state index contributed by atoms with van der Waals surface area (Å²) in [6, 6.07) is 17.3. The van der Waals surface area contributed by atoms with Crippen molar-refractivity contribution in [3.63, 3.8) is 0 Å². The molecule has 3 aromatic rings. The Morgan fingerprint density at radius 2 is 1.83 bits per heavy atom. The third-order valence-corrected chi connectivity index (χ3v) is 4.82. The zero-order chi connectivity index (χ0) is 20.6. The van der Waals surface area contributed by atoms with Crippen LogP contribution in [0.2, 0.25) is 0 Å². The van der Waals surface area contributed by atoms with Crippen molar-refractivity contribution in [3.8, 4) is 5.75 Å².